The minimum Gasteiger partial charge on any atom is -0.347 e. The molecule has 84 valence electrons. The van der Waals surface area contributed by atoms with E-state index in [0.717, 1.165) is 12.5 Å². The molecule has 0 aliphatic heterocycles. The maximum absolute atomic E-state index is 3.23. The molecule has 2 nitrogen and oxygen atoms in total. The van der Waals surface area contributed by atoms with Gasteiger partial charge in [-0.1, -0.05) is 12.1 Å². The predicted octanol–water partition coefficient (Wildman–Crippen LogP) is 2.77. The maximum atomic E-state index is 3.23. The van der Waals surface area contributed by atoms with Crippen LogP contribution in [0, 0.1) is 5.92 Å². The number of hydrogen-bond donors (Lipinski definition) is 1. The molecule has 1 fully saturated rings. The number of aromatic nitrogens is 1. The van der Waals surface area contributed by atoms with Crippen molar-refractivity contribution in [1.82, 2.24) is 9.88 Å². The van der Waals surface area contributed by atoms with Crippen LogP contribution in [-0.2, 0) is 13.1 Å². The average molecular weight is 214 g/mol. The largest absolute Gasteiger partial charge is 0.347 e. The Morgan fingerprint density at radius 2 is 2.19 bits per heavy atom. The maximum Gasteiger partial charge on any atom is 0.0483 e. The Morgan fingerprint density at radius 3 is 2.94 bits per heavy atom. The molecule has 0 saturated heterocycles. The molecule has 1 aliphatic carbocycles. The van der Waals surface area contributed by atoms with Gasteiger partial charge in [-0.25, -0.2) is 0 Å². The quantitative estimate of drug-likeness (QED) is 0.828. The highest BCUT2D eigenvalue weighted by atomic mass is 15.0. The zero-order valence-corrected chi connectivity index (χ0v) is 9.74. The fraction of sp³-hybridized carbons (Fsp3) is 0.429. The van der Waals surface area contributed by atoms with Crippen molar-refractivity contribution in [2.24, 2.45) is 5.92 Å². The van der Waals surface area contributed by atoms with E-state index in [1.54, 1.807) is 0 Å². The lowest BCUT2D eigenvalue weighted by Crippen LogP contribution is -2.05. The molecule has 1 N–H and O–H groups in total. The lowest BCUT2D eigenvalue weighted by Gasteiger charge is -2.06. The Morgan fingerprint density at radius 1 is 1.31 bits per heavy atom. The van der Waals surface area contributed by atoms with Crippen molar-refractivity contribution in [3.05, 3.63) is 36.0 Å². The number of benzene rings is 1. The van der Waals surface area contributed by atoms with E-state index in [0.29, 0.717) is 0 Å². The Balaban J connectivity index is 2.01. The summed E-state index contributed by atoms with van der Waals surface area (Å²) in [5.41, 5.74) is 2.79. The summed E-state index contributed by atoms with van der Waals surface area (Å²) in [5, 5.41) is 4.63. The van der Waals surface area contributed by atoms with Gasteiger partial charge in [-0.15, -0.1) is 0 Å². The highest BCUT2D eigenvalue weighted by Crippen LogP contribution is 2.32. The third kappa shape index (κ3) is 1.74. The van der Waals surface area contributed by atoms with Crippen LogP contribution >= 0.6 is 0 Å². The molecule has 1 heterocycles. The van der Waals surface area contributed by atoms with E-state index in [4.69, 9.17) is 0 Å². The molecule has 0 atom stereocenters. The third-order valence-electron chi connectivity index (χ3n) is 3.42. The second-order valence-corrected chi connectivity index (χ2v) is 4.79. The standard InChI is InChI=1S/C14H18N2/c1-15-9-12-3-2-4-14-13(12)7-8-16(14)10-11-5-6-11/h2-4,7-8,11,15H,5-6,9-10H2,1H3. The molecule has 0 radical (unpaired) electrons. The molecule has 0 unspecified atom stereocenters. The van der Waals surface area contributed by atoms with Gasteiger partial charge in [0.05, 0.1) is 0 Å². The first kappa shape index (κ1) is 9.91. The second-order valence-electron chi connectivity index (χ2n) is 4.79. The number of fused-ring (bicyclic) bond motifs is 1. The normalized spacial score (nSPS) is 15.8. The SMILES string of the molecule is CNCc1cccc2c1ccn2CC1CC1. The number of rotatable bonds is 4. The first-order chi connectivity index (χ1) is 7.88. The molecule has 0 bridgehead atoms. The van der Waals surface area contributed by atoms with E-state index in [1.807, 2.05) is 7.05 Å². The molecule has 0 amide bonds. The van der Waals surface area contributed by atoms with E-state index in [1.165, 1.54) is 35.9 Å². The molecule has 3 rings (SSSR count). The number of nitrogens with one attached hydrogen (secondary N) is 1. The Bertz CT molecular complexity index is 494. The number of hydrogen-bond acceptors (Lipinski definition) is 1. The van der Waals surface area contributed by atoms with Gasteiger partial charge >= 0.3 is 0 Å². The Labute approximate surface area is 96.3 Å². The molecule has 1 aromatic heterocycles. The summed E-state index contributed by atoms with van der Waals surface area (Å²) < 4.78 is 2.41. The van der Waals surface area contributed by atoms with E-state index < -0.39 is 0 Å². The van der Waals surface area contributed by atoms with Crippen LogP contribution in [0.2, 0.25) is 0 Å². The summed E-state index contributed by atoms with van der Waals surface area (Å²) >= 11 is 0. The van der Waals surface area contributed by atoms with Gasteiger partial charge in [0.15, 0.2) is 0 Å². The molecule has 1 aromatic carbocycles. The fourth-order valence-corrected chi connectivity index (χ4v) is 2.37. The second kappa shape index (κ2) is 3.95. The van der Waals surface area contributed by atoms with Crippen LogP contribution in [0.25, 0.3) is 10.9 Å². The van der Waals surface area contributed by atoms with Crippen molar-refractivity contribution < 1.29 is 0 Å². The van der Waals surface area contributed by atoms with Gasteiger partial charge in [0, 0.05) is 30.2 Å². The molecule has 1 saturated carbocycles. The van der Waals surface area contributed by atoms with Crippen LogP contribution in [0.1, 0.15) is 18.4 Å². The van der Waals surface area contributed by atoms with E-state index >= 15 is 0 Å². The summed E-state index contributed by atoms with van der Waals surface area (Å²) in [6.07, 6.45) is 5.06. The van der Waals surface area contributed by atoms with Gasteiger partial charge in [-0.3, -0.25) is 0 Å². The van der Waals surface area contributed by atoms with Crippen LogP contribution in [0.4, 0.5) is 0 Å². The lowest BCUT2D eigenvalue weighted by molar-refractivity contribution is 0.647. The van der Waals surface area contributed by atoms with Crippen molar-refractivity contribution in [2.45, 2.75) is 25.9 Å². The van der Waals surface area contributed by atoms with Crippen LogP contribution in [0.15, 0.2) is 30.5 Å². The molecule has 2 aromatic rings. The van der Waals surface area contributed by atoms with Crippen molar-refractivity contribution in [3.8, 4) is 0 Å². The summed E-state index contributed by atoms with van der Waals surface area (Å²) in [6.45, 7) is 2.15. The first-order valence-electron chi connectivity index (χ1n) is 6.10. The minimum atomic E-state index is 0.934. The van der Waals surface area contributed by atoms with E-state index in [-0.39, 0.29) is 0 Å². The van der Waals surface area contributed by atoms with Crippen LogP contribution in [-0.4, -0.2) is 11.6 Å². The topological polar surface area (TPSA) is 17.0 Å². The average Bonchev–Trinajstić information content (AvgIpc) is 3.01. The van der Waals surface area contributed by atoms with Gasteiger partial charge in [-0.05, 0) is 43.5 Å². The van der Waals surface area contributed by atoms with Gasteiger partial charge in [0.25, 0.3) is 0 Å². The minimum absolute atomic E-state index is 0.934. The number of nitrogens with zero attached hydrogens (tertiary/aromatic N) is 1. The summed E-state index contributed by atoms with van der Waals surface area (Å²) in [4.78, 5) is 0. The molecule has 0 spiro atoms. The monoisotopic (exact) mass is 214 g/mol. The lowest BCUT2D eigenvalue weighted by atomic mass is 10.1. The molecular weight excluding hydrogens is 196 g/mol. The summed E-state index contributed by atoms with van der Waals surface area (Å²) in [7, 11) is 2.00. The highest BCUT2D eigenvalue weighted by molar-refractivity contribution is 5.83. The molecule has 16 heavy (non-hydrogen) atoms. The van der Waals surface area contributed by atoms with Gasteiger partial charge in [-0.2, -0.15) is 0 Å². The van der Waals surface area contributed by atoms with Crippen LogP contribution in [0.3, 0.4) is 0 Å². The van der Waals surface area contributed by atoms with Crippen LogP contribution in [0.5, 0.6) is 0 Å². The first-order valence-corrected chi connectivity index (χ1v) is 6.10. The smallest absolute Gasteiger partial charge is 0.0483 e. The highest BCUT2D eigenvalue weighted by Gasteiger charge is 2.22. The molecule has 2 heteroatoms. The summed E-state index contributed by atoms with van der Waals surface area (Å²) in [5.74, 6) is 0.934. The predicted molar refractivity (Wildman–Crippen MR) is 67.4 cm³/mol. The van der Waals surface area contributed by atoms with E-state index in [9.17, 15) is 0 Å². The summed E-state index contributed by atoms with van der Waals surface area (Å²) in [6, 6.07) is 8.86. The Hall–Kier alpha value is -1.28. The van der Waals surface area contributed by atoms with Crippen molar-refractivity contribution >= 4 is 10.9 Å². The third-order valence-corrected chi connectivity index (χ3v) is 3.42. The van der Waals surface area contributed by atoms with Gasteiger partial charge < -0.3 is 9.88 Å². The fourth-order valence-electron chi connectivity index (χ4n) is 2.37. The van der Waals surface area contributed by atoms with Crippen molar-refractivity contribution in [2.75, 3.05) is 7.05 Å². The van der Waals surface area contributed by atoms with Gasteiger partial charge in [0.1, 0.15) is 0 Å². The molecule has 1 aliphatic rings. The molecular formula is C14H18N2. The zero-order chi connectivity index (χ0) is 11.0. The van der Waals surface area contributed by atoms with Crippen molar-refractivity contribution in [3.63, 3.8) is 0 Å². The zero-order valence-electron chi connectivity index (χ0n) is 9.74. The van der Waals surface area contributed by atoms with E-state index in [2.05, 4.69) is 40.3 Å². The van der Waals surface area contributed by atoms with Gasteiger partial charge in [0.2, 0.25) is 0 Å². The van der Waals surface area contributed by atoms with Crippen molar-refractivity contribution in [1.29, 1.82) is 0 Å². The Kier molecular flexibility index (Phi) is 2.44. The van der Waals surface area contributed by atoms with Crippen LogP contribution < -0.4 is 5.32 Å².